The number of nitrogens with one attached hydrogen (secondary N) is 1. The van der Waals surface area contributed by atoms with E-state index >= 15 is 0 Å². The maximum atomic E-state index is 5.72. The third kappa shape index (κ3) is 3.99. The fraction of sp³-hybridized carbons (Fsp3) is 0.0769. The summed E-state index contributed by atoms with van der Waals surface area (Å²) >= 11 is 1.66. The number of nitrogens with two attached hydrogens (primary N) is 1. The van der Waals surface area contributed by atoms with Gasteiger partial charge in [-0.1, -0.05) is 0 Å². The number of anilines is 2. The Bertz CT molecular complexity index is 488. The molecule has 0 spiro atoms. The fourth-order valence-corrected chi connectivity index (χ4v) is 2.19. The normalized spacial score (nSPS) is 9.47. The topological polar surface area (TPSA) is 38.0 Å². The minimum atomic E-state index is 0. The molecular weight excluding hydrogens is 295 g/mol. The van der Waals surface area contributed by atoms with Gasteiger partial charge in [0.2, 0.25) is 0 Å². The van der Waals surface area contributed by atoms with Crippen LogP contribution in [0.25, 0.3) is 0 Å². The van der Waals surface area contributed by atoms with Crippen LogP contribution in [0.4, 0.5) is 11.4 Å². The van der Waals surface area contributed by atoms with Gasteiger partial charge in [-0.3, -0.25) is 0 Å². The summed E-state index contributed by atoms with van der Waals surface area (Å²) in [5, 5.41) is 3.37. The second kappa shape index (κ2) is 6.58. The number of hydrogen-bond acceptors (Lipinski definition) is 2. The fourth-order valence-electron chi connectivity index (χ4n) is 1.54. The van der Waals surface area contributed by atoms with Crippen LogP contribution in [0.3, 0.4) is 0 Å². The number of halogens is 1. The molecule has 2 aromatic carbocycles. The van der Waals surface area contributed by atoms with Crippen LogP contribution in [0.1, 0.15) is 5.56 Å². The van der Waals surface area contributed by atoms with Crippen molar-refractivity contribution in [1.29, 1.82) is 0 Å². The van der Waals surface area contributed by atoms with Crippen LogP contribution in [0.2, 0.25) is 0 Å². The molecule has 1 unspecified atom stereocenters. The van der Waals surface area contributed by atoms with E-state index in [4.69, 9.17) is 5.73 Å². The molecule has 17 heavy (non-hydrogen) atoms. The number of nitrogen functional groups attached to an aromatic ring is 1. The van der Waals surface area contributed by atoms with Crippen molar-refractivity contribution in [3.05, 3.63) is 54.1 Å². The SMILES string of the molecule is Cl.Nc1cccc(NCc2ccccc2[AsH2])c1. The van der Waals surface area contributed by atoms with E-state index in [1.54, 1.807) is 16.9 Å². The van der Waals surface area contributed by atoms with Crippen molar-refractivity contribution in [3.63, 3.8) is 0 Å². The predicted molar refractivity (Wildman–Crippen MR) is 80.0 cm³/mol. The zero-order valence-electron chi connectivity index (χ0n) is 9.39. The Morgan fingerprint density at radius 3 is 2.53 bits per heavy atom. The van der Waals surface area contributed by atoms with Crippen molar-refractivity contribution in [2.24, 2.45) is 0 Å². The first-order valence-electron chi connectivity index (χ1n) is 5.18. The van der Waals surface area contributed by atoms with E-state index in [1.807, 2.05) is 24.3 Å². The molecule has 0 aliphatic carbocycles. The van der Waals surface area contributed by atoms with Crippen LogP contribution in [-0.4, -0.2) is 16.9 Å². The van der Waals surface area contributed by atoms with Crippen LogP contribution >= 0.6 is 12.4 Å². The molecule has 3 N–H and O–H groups in total. The van der Waals surface area contributed by atoms with E-state index in [0.29, 0.717) is 0 Å². The summed E-state index contributed by atoms with van der Waals surface area (Å²) in [5.74, 6) is 0. The summed E-state index contributed by atoms with van der Waals surface area (Å²) in [6, 6.07) is 16.3. The van der Waals surface area contributed by atoms with Crippen molar-refractivity contribution < 1.29 is 0 Å². The van der Waals surface area contributed by atoms with Crippen LogP contribution in [0.5, 0.6) is 0 Å². The molecule has 2 aromatic rings. The summed E-state index contributed by atoms with van der Waals surface area (Å²) in [6.45, 7) is 0.845. The Balaban J connectivity index is 0.00000144. The standard InChI is InChI=1S/C13H15AsN2.ClH/c14-13-7-2-1-4-10(13)9-16-12-6-3-5-11(15)8-12;/h1-8,16H,9,14-15H2;1H. The van der Waals surface area contributed by atoms with Gasteiger partial charge < -0.3 is 0 Å². The molecule has 2 nitrogen and oxygen atoms in total. The van der Waals surface area contributed by atoms with E-state index in [2.05, 4.69) is 29.6 Å². The van der Waals surface area contributed by atoms with Gasteiger partial charge in [-0.15, -0.1) is 12.4 Å². The van der Waals surface area contributed by atoms with Crippen molar-refractivity contribution >= 4 is 45.0 Å². The van der Waals surface area contributed by atoms with E-state index in [-0.39, 0.29) is 12.4 Å². The number of benzene rings is 2. The van der Waals surface area contributed by atoms with Gasteiger partial charge in [0.1, 0.15) is 0 Å². The number of hydrogen-bond donors (Lipinski definition) is 2. The third-order valence-electron chi connectivity index (χ3n) is 2.42. The molecule has 0 aromatic heterocycles. The molecule has 0 saturated heterocycles. The summed E-state index contributed by atoms with van der Waals surface area (Å²) in [5.41, 5.74) is 8.91. The van der Waals surface area contributed by atoms with Gasteiger partial charge in [0, 0.05) is 0 Å². The van der Waals surface area contributed by atoms with Gasteiger partial charge >= 0.3 is 104 Å². The Morgan fingerprint density at radius 1 is 1.06 bits per heavy atom. The Labute approximate surface area is 117 Å². The van der Waals surface area contributed by atoms with Crippen LogP contribution in [-0.2, 0) is 6.54 Å². The summed E-state index contributed by atoms with van der Waals surface area (Å²) in [4.78, 5) is 0. The molecule has 0 fully saturated rings. The molecule has 2 rings (SSSR count). The Kier molecular flexibility index (Phi) is 5.40. The van der Waals surface area contributed by atoms with Gasteiger partial charge in [0.05, 0.1) is 0 Å². The summed E-state index contributed by atoms with van der Waals surface area (Å²) < 4.78 is 1.37. The zero-order chi connectivity index (χ0) is 11.4. The summed E-state index contributed by atoms with van der Waals surface area (Å²) in [6.07, 6.45) is 0. The van der Waals surface area contributed by atoms with Crippen LogP contribution < -0.4 is 15.4 Å². The first-order chi connectivity index (χ1) is 7.75. The molecule has 0 radical (unpaired) electrons. The van der Waals surface area contributed by atoms with E-state index in [9.17, 15) is 0 Å². The molecular formula is C13H16AsClN2. The van der Waals surface area contributed by atoms with Gasteiger partial charge in [-0.25, -0.2) is 0 Å². The minimum absolute atomic E-state index is 0. The van der Waals surface area contributed by atoms with Crippen molar-refractivity contribution in [3.8, 4) is 0 Å². The van der Waals surface area contributed by atoms with Crippen LogP contribution in [0, 0.1) is 0 Å². The molecule has 0 amide bonds. The molecule has 0 aliphatic rings. The molecule has 0 saturated carbocycles. The average Bonchev–Trinajstić information content (AvgIpc) is 2.28. The Morgan fingerprint density at radius 2 is 1.82 bits per heavy atom. The molecule has 0 heterocycles. The van der Waals surface area contributed by atoms with Gasteiger partial charge in [0.15, 0.2) is 0 Å². The molecule has 4 heteroatoms. The van der Waals surface area contributed by atoms with Gasteiger partial charge in [-0.05, 0) is 0 Å². The van der Waals surface area contributed by atoms with Crippen molar-refractivity contribution in [1.82, 2.24) is 0 Å². The molecule has 90 valence electrons. The Hall–Kier alpha value is -1.11. The first kappa shape index (κ1) is 14.0. The maximum absolute atomic E-state index is 5.72. The second-order valence-electron chi connectivity index (χ2n) is 3.68. The van der Waals surface area contributed by atoms with E-state index < -0.39 is 0 Å². The van der Waals surface area contributed by atoms with Gasteiger partial charge in [-0.2, -0.15) is 0 Å². The molecule has 0 aliphatic heterocycles. The zero-order valence-corrected chi connectivity index (χ0v) is 12.6. The van der Waals surface area contributed by atoms with E-state index in [0.717, 1.165) is 17.9 Å². The molecule has 1 atom stereocenters. The first-order valence-corrected chi connectivity index (χ1v) is 6.39. The van der Waals surface area contributed by atoms with E-state index in [1.165, 1.54) is 9.91 Å². The number of rotatable bonds is 3. The monoisotopic (exact) mass is 310 g/mol. The average molecular weight is 311 g/mol. The molecule has 0 bridgehead atoms. The third-order valence-corrected chi connectivity index (χ3v) is 3.61. The second-order valence-corrected chi connectivity index (χ2v) is 4.98. The van der Waals surface area contributed by atoms with Crippen molar-refractivity contribution in [2.75, 3.05) is 11.1 Å². The van der Waals surface area contributed by atoms with Crippen LogP contribution in [0.15, 0.2) is 48.5 Å². The quantitative estimate of drug-likeness (QED) is 0.667. The van der Waals surface area contributed by atoms with Crippen molar-refractivity contribution in [2.45, 2.75) is 6.54 Å². The predicted octanol–water partition coefficient (Wildman–Crippen LogP) is 1.56. The summed E-state index contributed by atoms with van der Waals surface area (Å²) in [7, 11) is 0. The van der Waals surface area contributed by atoms with Gasteiger partial charge in [0.25, 0.3) is 0 Å².